The Bertz CT molecular complexity index is 2040. The highest BCUT2D eigenvalue weighted by Crippen LogP contribution is 2.46. The van der Waals surface area contributed by atoms with Gasteiger partial charge in [0.05, 0.1) is 57.1 Å². The molecule has 0 amide bonds. The average Bonchev–Trinajstić information content (AvgIpc) is 3.70. The predicted molar refractivity (Wildman–Crippen MR) is 220 cm³/mol. The van der Waals surface area contributed by atoms with E-state index in [9.17, 15) is 50.4 Å². The van der Waals surface area contributed by atoms with Gasteiger partial charge in [0, 0.05) is 46.8 Å². The van der Waals surface area contributed by atoms with Crippen LogP contribution < -0.4 is 0 Å². The van der Waals surface area contributed by atoms with Crippen LogP contribution in [0.2, 0.25) is 0 Å². The first-order valence-electron chi connectivity index (χ1n) is 21.2. The van der Waals surface area contributed by atoms with Crippen molar-refractivity contribution in [3.05, 3.63) is 84.5 Å². The standard InChI is InChI=1S/C44H58N2O18/c1-5-20-22(26(39(55)57-3)18-59-41(20)63-43-37(53)35(51)33(49)30(16-47)61-43)11-13-46-14-12-24-23-9-7-8-10-28(23)45-32(24)29(46)15-25-21(6-2)42(60-19-27(25)40(56)58-4)64-44-38(54)36(52)34(50)31(17-48)62-44/h5-10,18-22,25,29-31,33-38,41-45,47-54H,1-2,11-17H2,3-4H3/t20-,21+,22-,25-,29-,30+,31+,33-,34-,35+,36+,37+,38+,41+,42+,43+,44+/m1/s1. The van der Waals surface area contributed by atoms with E-state index in [1.165, 1.54) is 26.7 Å². The van der Waals surface area contributed by atoms with Gasteiger partial charge in [-0.2, -0.15) is 0 Å². The minimum atomic E-state index is -1.73. The molecule has 20 nitrogen and oxygen atoms in total. The summed E-state index contributed by atoms with van der Waals surface area (Å²) in [6.07, 6.45) is -11.4. The van der Waals surface area contributed by atoms with Crippen LogP contribution in [0.4, 0.5) is 0 Å². The van der Waals surface area contributed by atoms with Gasteiger partial charge in [-0.15, -0.1) is 13.2 Å². The number of fused-ring (bicyclic) bond motifs is 3. The fraction of sp³-hybridized carbons (Fsp3) is 0.591. The number of nitrogens with one attached hydrogen (secondary N) is 1. The highest BCUT2D eigenvalue weighted by atomic mass is 16.8. The van der Waals surface area contributed by atoms with Crippen LogP contribution in [0.25, 0.3) is 10.9 Å². The van der Waals surface area contributed by atoms with Gasteiger partial charge < -0.3 is 83.7 Å². The number of aliphatic hydroxyl groups excluding tert-OH is 8. The van der Waals surface area contributed by atoms with E-state index in [2.05, 4.69) is 23.0 Å². The van der Waals surface area contributed by atoms with Gasteiger partial charge in [-0.1, -0.05) is 30.4 Å². The Balaban J connectivity index is 1.19. The van der Waals surface area contributed by atoms with Crippen molar-refractivity contribution in [2.75, 3.05) is 40.5 Å². The molecule has 0 spiro atoms. The van der Waals surface area contributed by atoms with Crippen LogP contribution in [-0.4, -0.2) is 177 Å². The van der Waals surface area contributed by atoms with Crippen molar-refractivity contribution in [1.29, 1.82) is 0 Å². The third-order valence-corrected chi connectivity index (χ3v) is 13.1. The Morgan fingerprint density at radius 1 is 0.750 bits per heavy atom. The summed E-state index contributed by atoms with van der Waals surface area (Å²) in [5, 5.41) is 83.8. The highest BCUT2D eigenvalue weighted by molar-refractivity contribution is 5.89. The van der Waals surface area contributed by atoms with E-state index in [0.29, 0.717) is 25.9 Å². The molecule has 0 radical (unpaired) electrons. The van der Waals surface area contributed by atoms with Crippen molar-refractivity contribution in [2.45, 2.75) is 99.3 Å². The lowest BCUT2D eigenvalue weighted by Gasteiger charge is -2.45. The largest absolute Gasteiger partial charge is 0.471 e. The molecule has 20 heteroatoms. The van der Waals surface area contributed by atoms with Gasteiger partial charge in [0.15, 0.2) is 12.6 Å². The smallest absolute Gasteiger partial charge is 0.337 e. The number of ether oxygens (including phenoxy) is 8. The monoisotopic (exact) mass is 902 g/mol. The molecule has 1 aromatic carbocycles. The van der Waals surface area contributed by atoms with Crippen LogP contribution in [0.1, 0.15) is 30.1 Å². The number of hydrogen-bond acceptors (Lipinski definition) is 19. The summed E-state index contributed by atoms with van der Waals surface area (Å²) in [5.41, 5.74) is 3.22. The fourth-order valence-electron chi connectivity index (χ4n) is 9.57. The lowest BCUT2D eigenvalue weighted by Crippen LogP contribution is -2.60. The first-order chi connectivity index (χ1) is 30.8. The molecular formula is C44H58N2O18. The topological polar surface area (TPSA) is 289 Å². The van der Waals surface area contributed by atoms with Gasteiger partial charge in [0.25, 0.3) is 0 Å². The number of esters is 2. The van der Waals surface area contributed by atoms with E-state index in [-0.39, 0.29) is 17.6 Å². The van der Waals surface area contributed by atoms with Crippen LogP contribution in [0, 0.1) is 23.7 Å². The number of para-hydroxylation sites is 1. The van der Waals surface area contributed by atoms with Crippen LogP contribution in [-0.2, 0) is 53.9 Å². The maximum Gasteiger partial charge on any atom is 0.337 e. The molecule has 352 valence electrons. The van der Waals surface area contributed by atoms with Gasteiger partial charge in [-0.25, -0.2) is 9.59 Å². The number of aromatic nitrogens is 1. The number of carbonyl (C=O) groups is 2. The Morgan fingerprint density at radius 3 is 1.78 bits per heavy atom. The third kappa shape index (κ3) is 9.12. The molecule has 5 aliphatic heterocycles. The van der Waals surface area contributed by atoms with Crippen molar-refractivity contribution < 1.29 is 88.3 Å². The Kier molecular flexibility index (Phi) is 15.3. The lowest BCUT2D eigenvalue weighted by molar-refractivity contribution is -0.339. The molecule has 0 bridgehead atoms. The van der Waals surface area contributed by atoms with Crippen LogP contribution >= 0.6 is 0 Å². The van der Waals surface area contributed by atoms with E-state index in [1.807, 2.05) is 24.3 Å². The molecule has 1 aromatic heterocycles. The summed E-state index contributed by atoms with van der Waals surface area (Å²) in [5.74, 6) is -4.23. The maximum atomic E-state index is 13.5. The minimum absolute atomic E-state index is 0.171. The summed E-state index contributed by atoms with van der Waals surface area (Å²) in [7, 11) is 2.48. The van der Waals surface area contributed by atoms with Crippen molar-refractivity contribution in [1.82, 2.24) is 9.88 Å². The summed E-state index contributed by atoms with van der Waals surface area (Å²) in [4.78, 5) is 32.6. The molecular weight excluding hydrogens is 844 g/mol. The predicted octanol–water partition coefficient (Wildman–Crippen LogP) is -0.856. The van der Waals surface area contributed by atoms with Gasteiger partial charge in [-0.3, -0.25) is 4.90 Å². The Morgan fingerprint density at radius 2 is 1.27 bits per heavy atom. The van der Waals surface area contributed by atoms with E-state index in [0.717, 1.165) is 22.2 Å². The number of nitrogens with zero attached hydrogens (tertiary/aromatic N) is 1. The first kappa shape index (κ1) is 47.7. The molecule has 9 N–H and O–H groups in total. The second-order valence-electron chi connectivity index (χ2n) is 16.5. The van der Waals surface area contributed by atoms with Crippen LogP contribution in [0.5, 0.6) is 0 Å². The second-order valence-corrected chi connectivity index (χ2v) is 16.5. The van der Waals surface area contributed by atoms with Crippen molar-refractivity contribution in [2.24, 2.45) is 23.7 Å². The first-order valence-corrected chi connectivity index (χ1v) is 21.2. The van der Waals surface area contributed by atoms with Gasteiger partial charge in [-0.05, 0) is 37.4 Å². The maximum absolute atomic E-state index is 13.5. The number of carbonyl (C=O) groups excluding carboxylic acids is 2. The number of aliphatic hydroxyl groups is 8. The summed E-state index contributed by atoms with van der Waals surface area (Å²) >= 11 is 0. The molecule has 0 saturated carbocycles. The SMILES string of the molecule is C=C[C@@H]1[C@H](O[C@@H]2O[C@@H](CO)[C@@H](O)[C@H](O)[C@@H]2O)OC=C(C(=O)OC)[C@@H]1C[C@@H]1c2[nH]c3ccccc3c2CCN1CC[C@H]1C(C(=O)OC)=CO[C@@H](O[C@@H]2O[C@@H](CO)[C@@H](O)[C@H](O)[C@@H]2O)[C@@H]1C=C. The van der Waals surface area contributed by atoms with E-state index < -0.39 is 129 Å². The van der Waals surface area contributed by atoms with E-state index in [4.69, 9.17) is 37.9 Å². The molecule has 6 heterocycles. The molecule has 64 heavy (non-hydrogen) atoms. The molecule has 2 fully saturated rings. The second kappa shape index (κ2) is 20.5. The number of rotatable bonds is 15. The van der Waals surface area contributed by atoms with Crippen molar-refractivity contribution in [3.63, 3.8) is 0 Å². The van der Waals surface area contributed by atoms with Crippen molar-refractivity contribution >= 4 is 22.8 Å². The van der Waals surface area contributed by atoms with Crippen molar-refractivity contribution in [3.8, 4) is 0 Å². The molecule has 17 atom stereocenters. The van der Waals surface area contributed by atoms with Gasteiger partial charge in [0.1, 0.15) is 48.8 Å². The number of aromatic amines is 1. The third-order valence-electron chi connectivity index (χ3n) is 13.1. The van der Waals surface area contributed by atoms with Gasteiger partial charge in [0.2, 0.25) is 12.6 Å². The normalized spacial score (nSPS) is 37.9. The number of hydrogen-bond donors (Lipinski definition) is 9. The van der Waals surface area contributed by atoms with Crippen LogP contribution in [0.15, 0.2) is 73.2 Å². The molecule has 0 unspecified atom stereocenters. The zero-order valence-electron chi connectivity index (χ0n) is 35.4. The Labute approximate surface area is 368 Å². The lowest BCUT2D eigenvalue weighted by atomic mass is 9.77. The fourth-order valence-corrected chi connectivity index (χ4v) is 9.57. The minimum Gasteiger partial charge on any atom is -0.471 e. The van der Waals surface area contributed by atoms with E-state index in [1.54, 1.807) is 12.2 Å². The number of benzene rings is 1. The quantitative estimate of drug-likeness (QED) is 0.0777. The summed E-state index contributed by atoms with van der Waals surface area (Å²) in [6, 6.07) is 7.44. The Hall–Kier alpha value is -4.26. The summed E-state index contributed by atoms with van der Waals surface area (Å²) < 4.78 is 45.5. The van der Waals surface area contributed by atoms with Gasteiger partial charge >= 0.3 is 11.9 Å². The number of H-pyrrole nitrogens is 1. The molecule has 7 rings (SSSR count). The van der Waals surface area contributed by atoms with E-state index >= 15 is 0 Å². The summed E-state index contributed by atoms with van der Waals surface area (Å²) in [6.45, 7) is 7.58. The van der Waals surface area contributed by atoms with Crippen LogP contribution in [0.3, 0.4) is 0 Å². The molecule has 0 aliphatic carbocycles. The average molecular weight is 903 g/mol. The number of methoxy groups -OCH3 is 2. The molecule has 2 aromatic rings. The zero-order valence-corrected chi connectivity index (χ0v) is 35.4. The molecule has 2 saturated heterocycles. The zero-order chi connectivity index (χ0) is 46.0. The highest BCUT2D eigenvalue weighted by Gasteiger charge is 2.50. The molecule has 5 aliphatic rings.